The SMILES string of the molecule is CCC(CC)C(C)NCc1ccc(Cl)cc1Br. The van der Waals surface area contributed by atoms with Crippen LogP contribution in [-0.4, -0.2) is 6.04 Å². The standard InChI is InChI=1S/C14H21BrClN/c1-4-11(5-2)10(3)17-9-12-6-7-13(16)8-14(12)15/h6-8,10-11,17H,4-5,9H2,1-3H3. The van der Waals surface area contributed by atoms with E-state index in [1.54, 1.807) is 0 Å². The summed E-state index contributed by atoms with van der Waals surface area (Å²) in [7, 11) is 0. The number of hydrogen-bond acceptors (Lipinski definition) is 1. The van der Waals surface area contributed by atoms with Gasteiger partial charge in [0.25, 0.3) is 0 Å². The zero-order valence-corrected chi connectivity index (χ0v) is 13.1. The molecule has 1 N–H and O–H groups in total. The first kappa shape index (κ1) is 15.0. The second-order valence-electron chi connectivity index (χ2n) is 4.48. The van der Waals surface area contributed by atoms with Crippen molar-refractivity contribution in [3.63, 3.8) is 0 Å². The van der Waals surface area contributed by atoms with Gasteiger partial charge in [-0.1, -0.05) is 60.3 Å². The highest BCUT2D eigenvalue weighted by atomic mass is 79.9. The maximum Gasteiger partial charge on any atom is 0.0417 e. The fourth-order valence-electron chi connectivity index (χ4n) is 2.10. The van der Waals surface area contributed by atoms with Gasteiger partial charge in [-0.3, -0.25) is 0 Å². The highest BCUT2D eigenvalue weighted by Crippen LogP contribution is 2.22. The molecule has 0 radical (unpaired) electrons. The number of rotatable bonds is 6. The van der Waals surface area contributed by atoms with E-state index in [2.05, 4.69) is 48.1 Å². The second kappa shape index (κ2) is 7.40. The molecule has 96 valence electrons. The second-order valence-corrected chi connectivity index (χ2v) is 5.77. The first-order valence-corrected chi connectivity index (χ1v) is 7.42. The lowest BCUT2D eigenvalue weighted by Crippen LogP contribution is -2.32. The molecule has 0 aliphatic heterocycles. The average molecular weight is 319 g/mol. The maximum atomic E-state index is 5.92. The van der Waals surface area contributed by atoms with Gasteiger partial charge in [0.15, 0.2) is 0 Å². The third-order valence-electron chi connectivity index (χ3n) is 3.39. The molecular weight excluding hydrogens is 298 g/mol. The predicted molar refractivity (Wildman–Crippen MR) is 79.5 cm³/mol. The first-order chi connectivity index (χ1) is 8.08. The monoisotopic (exact) mass is 317 g/mol. The van der Waals surface area contributed by atoms with Crippen LogP contribution in [0.15, 0.2) is 22.7 Å². The van der Waals surface area contributed by atoms with Crippen molar-refractivity contribution in [3.05, 3.63) is 33.3 Å². The van der Waals surface area contributed by atoms with Gasteiger partial charge >= 0.3 is 0 Å². The summed E-state index contributed by atoms with van der Waals surface area (Å²) in [5.41, 5.74) is 1.26. The lowest BCUT2D eigenvalue weighted by Gasteiger charge is -2.22. The molecule has 0 aliphatic rings. The molecule has 1 aromatic rings. The highest BCUT2D eigenvalue weighted by molar-refractivity contribution is 9.10. The van der Waals surface area contributed by atoms with E-state index in [-0.39, 0.29) is 0 Å². The molecule has 0 aromatic heterocycles. The molecule has 3 heteroatoms. The van der Waals surface area contributed by atoms with Crippen molar-refractivity contribution in [3.8, 4) is 0 Å². The molecule has 1 unspecified atom stereocenters. The molecule has 0 saturated heterocycles. The van der Waals surface area contributed by atoms with Gasteiger partial charge in [0.05, 0.1) is 0 Å². The molecule has 1 aromatic carbocycles. The molecular formula is C14H21BrClN. The summed E-state index contributed by atoms with van der Waals surface area (Å²) in [6.45, 7) is 7.66. The van der Waals surface area contributed by atoms with Crippen LogP contribution in [0.25, 0.3) is 0 Å². The third kappa shape index (κ3) is 4.61. The summed E-state index contributed by atoms with van der Waals surface area (Å²) in [4.78, 5) is 0. The first-order valence-electron chi connectivity index (χ1n) is 6.25. The van der Waals surface area contributed by atoms with Crippen LogP contribution < -0.4 is 5.32 Å². The van der Waals surface area contributed by atoms with Gasteiger partial charge in [-0.25, -0.2) is 0 Å². The van der Waals surface area contributed by atoms with Crippen molar-refractivity contribution in [1.29, 1.82) is 0 Å². The summed E-state index contributed by atoms with van der Waals surface area (Å²) in [5.74, 6) is 0.751. The Labute approximate surface area is 118 Å². The lowest BCUT2D eigenvalue weighted by molar-refractivity contribution is 0.353. The fourth-order valence-corrected chi connectivity index (χ4v) is 2.92. The van der Waals surface area contributed by atoms with E-state index in [1.807, 2.05) is 12.1 Å². The van der Waals surface area contributed by atoms with Crippen molar-refractivity contribution in [1.82, 2.24) is 5.32 Å². The quantitative estimate of drug-likeness (QED) is 0.777. The minimum absolute atomic E-state index is 0.549. The van der Waals surface area contributed by atoms with E-state index < -0.39 is 0 Å². The summed E-state index contributed by atoms with van der Waals surface area (Å²) >= 11 is 9.47. The maximum absolute atomic E-state index is 5.92. The third-order valence-corrected chi connectivity index (χ3v) is 4.36. The largest absolute Gasteiger partial charge is 0.310 e. The highest BCUT2D eigenvalue weighted by Gasteiger charge is 2.13. The Bertz CT molecular complexity index is 350. The van der Waals surface area contributed by atoms with E-state index in [0.717, 1.165) is 22.0 Å². The lowest BCUT2D eigenvalue weighted by atomic mass is 9.95. The molecule has 0 spiro atoms. The van der Waals surface area contributed by atoms with Gasteiger partial charge in [-0.2, -0.15) is 0 Å². The zero-order valence-electron chi connectivity index (χ0n) is 10.8. The summed E-state index contributed by atoms with van der Waals surface area (Å²) in [5, 5.41) is 4.36. The van der Waals surface area contributed by atoms with Gasteiger partial charge < -0.3 is 5.32 Å². The molecule has 0 saturated carbocycles. The minimum atomic E-state index is 0.549. The number of hydrogen-bond donors (Lipinski definition) is 1. The van der Waals surface area contributed by atoms with Crippen molar-refractivity contribution in [2.24, 2.45) is 5.92 Å². The molecule has 1 rings (SSSR count). The molecule has 1 nitrogen and oxygen atoms in total. The number of benzene rings is 1. The molecule has 0 aliphatic carbocycles. The van der Waals surface area contributed by atoms with Crippen molar-refractivity contribution < 1.29 is 0 Å². The van der Waals surface area contributed by atoms with E-state index in [1.165, 1.54) is 18.4 Å². The summed E-state index contributed by atoms with van der Waals surface area (Å²) in [6, 6.07) is 6.50. The normalized spacial score (nSPS) is 13.1. The Morgan fingerprint density at radius 2 is 1.94 bits per heavy atom. The van der Waals surface area contributed by atoms with E-state index >= 15 is 0 Å². The molecule has 1 atom stereocenters. The van der Waals surface area contributed by atoms with Crippen LogP contribution in [0.5, 0.6) is 0 Å². The molecule has 0 fully saturated rings. The predicted octanol–water partition coefficient (Wildman–Crippen LogP) is 5.02. The molecule has 17 heavy (non-hydrogen) atoms. The zero-order chi connectivity index (χ0) is 12.8. The van der Waals surface area contributed by atoms with Crippen LogP contribution in [0.4, 0.5) is 0 Å². The van der Waals surface area contributed by atoms with E-state index in [4.69, 9.17) is 11.6 Å². The van der Waals surface area contributed by atoms with Crippen molar-refractivity contribution in [2.45, 2.75) is 46.2 Å². The average Bonchev–Trinajstić information content (AvgIpc) is 2.29. The Morgan fingerprint density at radius 3 is 2.47 bits per heavy atom. The van der Waals surface area contributed by atoms with Gasteiger partial charge in [0, 0.05) is 22.1 Å². The Balaban J connectivity index is 2.55. The van der Waals surface area contributed by atoms with E-state index in [9.17, 15) is 0 Å². The van der Waals surface area contributed by atoms with Crippen LogP contribution in [0.1, 0.15) is 39.2 Å². The van der Waals surface area contributed by atoms with Crippen LogP contribution in [0.2, 0.25) is 5.02 Å². The summed E-state index contributed by atoms with van der Waals surface area (Å²) in [6.07, 6.45) is 2.46. The van der Waals surface area contributed by atoms with Gasteiger partial charge in [-0.05, 0) is 30.5 Å². The Morgan fingerprint density at radius 1 is 1.29 bits per heavy atom. The topological polar surface area (TPSA) is 12.0 Å². The van der Waals surface area contributed by atoms with Crippen molar-refractivity contribution >= 4 is 27.5 Å². The molecule has 0 amide bonds. The number of halogens is 2. The van der Waals surface area contributed by atoms with Crippen LogP contribution in [0.3, 0.4) is 0 Å². The van der Waals surface area contributed by atoms with Crippen molar-refractivity contribution in [2.75, 3.05) is 0 Å². The smallest absolute Gasteiger partial charge is 0.0417 e. The minimum Gasteiger partial charge on any atom is -0.310 e. The Kier molecular flexibility index (Phi) is 6.53. The number of nitrogens with one attached hydrogen (secondary N) is 1. The summed E-state index contributed by atoms with van der Waals surface area (Å²) < 4.78 is 1.08. The van der Waals surface area contributed by atoms with Crippen LogP contribution >= 0.6 is 27.5 Å². The van der Waals surface area contributed by atoms with Gasteiger partial charge in [0.1, 0.15) is 0 Å². The Hall–Kier alpha value is -0.0500. The molecule has 0 heterocycles. The fraction of sp³-hybridized carbons (Fsp3) is 0.571. The van der Waals surface area contributed by atoms with Crippen LogP contribution in [-0.2, 0) is 6.54 Å². The molecule has 0 bridgehead atoms. The van der Waals surface area contributed by atoms with Gasteiger partial charge in [0.2, 0.25) is 0 Å². The van der Waals surface area contributed by atoms with Crippen LogP contribution in [0, 0.1) is 5.92 Å². The van der Waals surface area contributed by atoms with Gasteiger partial charge in [-0.15, -0.1) is 0 Å². The van der Waals surface area contributed by atoms with E-state index in [0.29, 0.717) is 6.04 Å².